The molecule has 0 aromatic heterocycles. The topological polar surface area (TPSA) is 23.8 Å². The van der Waals surface area contributed by atoms with Gasteiger partial charge in [-0.25, -0.2) is 0 Å². The lowest BCUT2D eigenvalue weighted by atomic mass is 10.0. The van der Waals surface area contributed by atoms with Gasteiger partial charge >= 0.3 is 0 Å². The Kier molecular flexibility index (Phi) is 2.37. The van der Waals surface area contributed by atoms with Gasteiger partial charge in [-0.3, -0.25) is 0 Å². The van der Waals surface area contributed by atoms with Crippen LogP contribution in [0.1, 0.15) is 22.8 Å². The van der Waals surface area contributed by atoms with E-state index in [1.807, 2.05) is 24.3 Å². The molecule has 0 fully saturated rings. The number of thioether (sulfide) groups is 1. The van der Waals surface area contributed by atoms with Gasteiger partial charge < -0.3 is 0 Å². The van der Waals surface area contributed by atoms with E-state index in [4.69, 9.17) is 5.26 Å². The monoisotopic (exact) mass is 187 g/mol. The predicted octanol–water partition coefficient (Wildman–Crippen LogP) is 3.25. The van der Waals surface area contributed by atoms with Crippen molar-refractivity contribution in [3.8, 4) is 6.07 Å². The molecule has 13 heavy (non-hydrogen) atoms. The number of nitriles is 1. The minimum atomic E-state index is 0.454. The molecule has 0 radical (unpaired) electrons. The maximum absolute atomic E-state index is 8.90. The third kappa shape index (κ3) is 1.61. The molecule has 2 rings (SSSR count). The van der Waals surface area contributed by atoms with E-state index in [-0.39, 0.29) is 0 Å². The van der Waals surface area contributed by atoms with Crippen LogP contribution in [0.5, 0.6) is 0 Å². The van der Waals surface area contributed by atoms with Gasteiger partial charge in [0, 0.05) is 5.25 Å². The normalized spacial score (nSPS) is 20.1. The van der Waals surface area contributed by atoms with E-state index >= 15 is 0 Å². The molecule has 0 spiro atoms. The fraction of sp³-hybridized carbons (Fsp3) is 0.182. The highest BCUT2D eigenvalue weighted by atomic mass is 32.2. The smallest absolute Gasteiger partial charge is 0.0994 e. The Labute approximate surface area is 82.1 Å². The second-order valence-electron chi connectivity index (χ2n) is 2.93. The van der Waals surface area contributed by atoms with E-state index in [0.717, 1.165) is 12.0 Å². The van der Waals surface area contributed by atoms with Gasteiger partial charge in [-0.1, -0.05) is 24.3 Å². The molecular weight excluding hydrogens is 178 g/mol. The first kappa shape index (κ1) is 8.40. The molecule has 1 nitrogen and oxygen atoms in total. The first-order valence-electron chi connectivity index (χ1n) is 4.21. The van der Waals surface area contributed by atoms with Crippen molar-refractivity contribution >= 4 is 11.8 Å². The highest BCUT2D eigenvalue weighted by Crippen LogP contribution is 2.39. The molecule has 0 aliphatic carbocycles. The van der Waals surface area contributed by atoms with E-state index in [1.165, 1.54) is 5.56 Å². The average Bonchev–Trinajstić information content (AvgIpc) is 2.70. The van der Waals surface area contributed by atoms with E-state index in [1.54, 1.807) is 11.8 Å². The predicted molar refractivity (Wildman–Crippen MR) is 55.2 cm³/mol. The van der Waals surface area contributed by atoms with E-state index in [0.29, 0.717) is 5.25 Å². The molecule has 1 heterocycles. The standard InChI is InChI=1S/C11H9NS/c12-8-9-4-1-2-5-10(9)11-6-3-7-13-11/h1-5,7,11H,6H2. The molecule has 1 unspecified atom stereocenters. The Bertz CT molecular complexity index is 368. The third-order valence-electron chi connectivity index (χ3n) is 2.12. The lowest BCUT2D eigenvalue weighted by molar-refractivity contribution is 0.985. The van der Waals surface area contributed by atoms with Crippen LogP contribution in [0.4, 0.5) is 0 Å². The van der Waals surface area contributed by atoms with Crippen LogP contribution in [0, 0.1) is 11.3 Å². The SMILES string of the molecule is N#Cc1ccccc1C1CC=CS1. The summed E-state index contributed by atoms with van der Waals surface area (Å²) in [6.07, 6.45) is 3.20. The van der Waals surface area contributed by atoms with Crippen molar-refractivity contribution in [2.75, 3.05) is 0 Å². The zero-order valence-corrected chi connectivity index (χ0v) is 7.92. The second kappa shape index (κ2) is 3.68. The molecule has 1 aromatic rings. The summed E-state index contributed by atoms with van der Waals surface area (Å²) in [5, 5.41) is 11.5. The first-order chi connectivity index (χ1) is 6.42. The number of rotatable bonds is 1. The van der Waals surface area contributed by atoms with Gasteiger partial charge in [0.15, 0.2) is 0 Å². The summed E-state index contributed by atoms with van der Waals surface area (Å²) in [4.78, 5) is 0. The van der Waals surface area contributed by atoms with Gasteiger partial charge in [0.05, 0.1) is 11.6 Å². The maximum atomic E-state index is 8.90. The fourth-order valence-electron chi connectivity index (χ4n) is 1.46. The summed E-state index contributed by atoms with van der Waals surface area (Å²) in [6.45, 7) is 0. The van der Waals surface area contributed by atoms with Crippen molar-refractivity contribution in [1.82, 2.24) is 0 Å². The summed E-state index contributed by atoms with van der Waals surface area (Å²) in [7, 11) is 0. The lowest BCUT2D eigenvalue weighted by Gasteiger charge is -2.09. The largest absolute Gasteiger partial charge is 0.192 e. The summed E-state index contributed by atoms with van der Waals surface area (Å²) in [5.74, 6) is 0. The number of nitrogens with zero attached hydrogens (tertiary/aromatic N) is 1. The van der Waals surface area contributed by atoms with Crippen molar-refractivity contribution in [2.45, 2.75) is 11.7 Å². The van der Waals surface area contributed by atoms with Gasteiger partial charge in [0.25, 0.3) is 0 Å². The summed E-state index contributed by atoms with van der Waals surface area (Å²) in [5.41, 5.74) is 1.98. The highest BCUT2D eigenvalue weighted by Gasteiger charge is 2.16. The average molecular weight is 187 g/mol. The molecule has 0 bridgehead atoms. The molecule has 1 atom stereocenters. The van der Waals surface area contributed by atoms with Crippen molar-refractivity contribution < 1.29 is 0 Å². The Balaban J connectivity index is 2.34. The van der Waals surface area contributed by atoms with Gasteiger partial charge in [-0.15, -0.1) is 11.8 Å². The van der Waals surface area contributed by atoms with Crippen molar-refractivity contribution in [2.24, 2.45) is 0 Å². The van der Waals surface area contributed by atoms with Crippen LogP contribution in [0.3, 0.4) is 0 Å². The molecule has 1 aromatic carbocycles. The number of hydrogen-bond acceptors (Lipinski definition) is 2. The summed E-state index contributed by atoms with van der Waals surface area (Å²) >= 11 is 1.79. The van der Waals surface area contributed by atoms with Crippen LogP contribution < -0.4 is 0 Å². The van der Waals surface area contributed by atoms with Crippen LogP contribution in [0.2, 0.25) is 0 Å². The van der Waals surface area contributed by atoms with Gasteiger partial charge in [0.1, 0.15) is 0 Å². The zero-order chi connectivity index (χ0) is 9.10. The highest BCUT2D eigenvalue weighted by molar-refractivity contribution is 8.02. The van der Waals surface area contributed by atoms with E-state index < -0.39 is 0 Å². The van der Waals surface area contributed by atoms with Gasteiger partial charge in [-0.05, 0) is 23.5 Å². The molecule has 2 heteroatoms. The lowest BCUT2D eigenvalue weighted by Crippen LogP contribution is -1.92. The van der Waals surface area contributed by atoms with Crippen molar-refractivity contribution in [3.05, 3.63) is 46.9 Å². The molecule has 0 amide bonds. The Hall–Kier alpha value is -1.20. The van der Waals surface area contributed by atoms with Crippen LogP contribution in [-0.4, -0.2) is 0 Å². The zero-order valence-electron chi connectivity index (χ0n) is 7.10. The van der Waals surface area contributed by atoms with Gasteiger partial charge in [-0.2, -0.15) is 5.26 Å². The van der Waals surface area contributed by atoms with Gasteiger partial charge in [0.2, 0.25) is 0 Å². The van der Waals surface area contributed by atoms with Crippen molar-refractivity contribution in [3.63, 3.8) is 0 Å². The Morgan fingerprint density at radius 1 is 1.38 bits per heavy atom. The molecule has 64 valence electrons. The Morgan fingerprint density at radius 2 is 2.23 bits per heavy atom. The van der Waals surface area contributed by atoms with Crippen molar-refractivity contribution in [1.29, 1.82) is 5.26 Å². The molecule has 0 saturated carbocycles. The third-order valence-corrected chi connectivity index (χ3v) is 3.24. The van der Waals surface area contributed by atoms with Crippen LogP contribution in [0.25, 0.3) is 0 Å². The summed E-state index contributed by atoms with van der Waals surface area (Å²) < 4.78 is 0. The number of hydrogen-bond donors (Lipinski definition) is 0. The molecular formula is C11H9NS. The van der Waals surface area contributed by atoms with E-state index in [9.17, 15) is 0 Å². The van der Waals surface area contributed by atoms with E-state index in [2.05, 4.69) is 17.6 Å². The maximum Gasteiger partial charge on any atom is 0.0994 e. The first-order valence-corrected chi connectivity index (χ1v) is 5.15. The number of benzene rings is 1. The van der Waals surface area contributed by atoms with Crippen LogP contribution in [-0.2, 0) is 0 Å². The number of allylic oxidation sites excluding steroid dienone is 1. The minimum absolute atomic E-state index is 0.454. The molecule has 1 aliphatic heterocycles. The Morgan fingerprint density at radius 3 is 2.92 bits per heavy atom. The van der Waals surface area contributed by atoms with Crippen LogP contribution in [0.15, 0.2) is 35.7 Å². The fourth-order valence-corrected chi connectivity index (χ4v) is 2.45. The molecule has 1 aliphatic rings. The minimum Gasteiger partial charge on any atom is -0.192 e. The van der Waals surface area contributed by atoms with Crippen LogP contribution >= 0.6 is 11.8 Å². The quantitative estimate of drug-likeness (QED) is 0.673. The summed E-state index contributed by atoms with van der Waals surface area (Å²) in [6, 6.07) is 10.1. The second-order valence-corrected chi connectivity index (χ2v) is 4.04. The molecule has 0 N–H and O–H groups in total. The molecule has 0 saturated heterocycles.